The Morgan fingerprint density at radius 1 is 1.53 bits per heavy atom. The van der Waals surface area contributed by atoms with E-state index in [2.05, 4.69) is 0 Å². The van der Waals surface area contributed by atoms with Crippen LogP contribution >= 0.6 is 0 Å². The summed E-state index contributed by atoms with van der Waals surface area (Å²) in [5.74, 6) is 0.762. The van der Waals surface area contributed by atoms with Crippen molar-refractivity contribution >= 4 is 20.8 Å². The summed E-state index contributed by atoms with van der Waals surface area (Å²) in [5, 5.41) is -0.0105. The van der Waals surface area contributed by atoms with E-state index in [-0.39, 0.29) is 11.2 Å². The molecule has 1 aliphatic heterocycles. The van der Waals surface area contributed by atoms with Crippen LogP contribution < -0.4 is 5.73 Å². The minimum Gasteiger partial charge on any atom is -0.329 e. The molecular formula is C10H22N2O3S2. The Balaban J connectivity index is 2.53. The van der Waals surface area contributed by atoms with Gasteiger partial charge in [-0.3, -0.25) is 4.21 Å². The van der Waals surface area contributed by atoms with Gasteiger partial charge in [-0.25, -0.2) is 12.7 Å². The van der Waals surface area contributed by atoms with Crippen molar-refractivity contribution in [3.63, 3.8) is 0 Å². The smallest absolute Gasteiger partial charge is 0.211 e. The fourth-order valence-electron chi connectivity index (χ4n) is 1.97. The summed E-state index contributed by atoms with van der Waals surface area (Å²) in [7, 11) is -4.06. The van der Waals surface area contributed by atoms with Gasteiger partial charge in [-0.2, -0.15) is 0 Å². The second-order valence-corrected chi connectivity index (χ2v) is 8.60. The molecule has 3 atom stereocenters. The van der Waals surface area contributed by atoms with Gasteiger partial charge in [0.15, 0.2) is 0 Å². The molecule has 5 nitrogen and oxygen atoms in total. The summed E-state index contributed by atoms with van der Waals surface area (Å²) >= 11 is 0. The zero-order valence-corrected chi connectivity index (χ0v) is 12.1. The summed E-state index contributed by atoms with van der Waals surface area (Å²) in [6.45, 7) is 3.37. The number of piperidine rings is 1. The highest BCUT2D eigenvalue weighted by Gasteiger charge is 2.27. The lowest BCUT2D eigenvalue weighted by Gasteiger charge is -2.31. The van der Waals surface area contributed by atoms with Crippen molar-refractivity contribution in [1.82, 2.24) is 4.31 Å². The Bertz CT molecular complexity index is 370. The lowest BCUT2D eigenvalue weighted by Crippen LogP contribution is -2.41. The molecule has 2 N–H and O–H groups in total. The third-order valence-corrected chi connectivity index (χ3v) is 6.29. The number of hydrogen-bond acceptors (Lipinski definition) is 4. The van der Waals surface area contributed by atoms with E-state index in [9.17, 15) is 12.6 Å². The first-order valence-electron chi connectivity index (χ1n) is 5.87. The Labute approximate surface area is 106 Å². The van der Waals surface area contributed by atoms with Gasteiger partial charge >= 0.3 is 0 Å². The summed E-state index contributed by atoms with van der Waals surface area (Å²) in [5.41, 5.74) is 5.48. The predicted octanol–water partition coefficient (Wildman–Crippen LogP) is -0.246. The quantitative estimate of drug-likeness (QED) is 0.754. The fraction of sp³-hybridized carbons (Fsp3) is 1.00. The third kappa shape index (κ3) is 4.65. The zero-order valence-electron chi connectivity index (χ0n) is 10.5. The monoisotopic (exact) mass is 282 g/mol. The van der Waals surface area contributed by atoms with Gasteiger partial charge in [-0.15, -0.1) is 0 Å². The summed E-state index contributed by atoms with van der Waals surface area (Å²) in [4.78, 5) is 0. The standard InChI is InChI=1S/C10H22N2O3S2/c1-9(6-11)16(13)8-10-4-3-5-12(7-10)17(2,14)15/h9-10H,3-8,11H2,1-2H3. The molecule has 1 aliphatic rings. The van der Waals surface area contributed by atoms with Gasteiger partial charge in [0.05, 0.1) is 6.26 Å². The van der Waals surface area contributed by atoms with E-state index in [1.54, 1.807) is 0 Å². The van der Waals surface area contributed by atoms with E-state index >= 15 is 0 Å². The fourth-order valence-corrected chi connectivity index (χ4v) is 4.19. The molecule has 0 spiro atoms. The molecule has 7 heteroatoms. The van der Waals surface area contributed by atoms with Crippen LogP contribution in [0.2, 0.25) is 0 Å². The van der Waals surface area contributed by atoms with E-state index in [1.807, 2.05) is 6.92 Å². The van der Waals surface area contributed by atoms with Crippen LogP contribution in [0.1, 0.15) is 19.8 Å². The molecule has 0 aromatic rings. The molecule has 3 unspecified atom stereocenters. The second-order valence-electron chi connectivity index (χ2n) is 4.72. The molecule has 0 aromatic carbocycles. The molecule has 0 radical (unpaired) electrons. The molecule has 0 bridgehead atoms. The lowest BCUT2D eigenvalue weighted by atomic mass is 10.0. The summed E-state index contributed by atoms with van der Waals surface area (Å²) < 4.78 is 36.2. The maximum atomic E-state index is 11.9. The molecule has 17 heavy (non-hydrogen) atoms. The third-order valence-electron chi connectivity index (χ3n) is 3.13. The minimum atomic E-state index is -3.11. The van der Waals surface area contributed by atoms with E-state index in [0.29, 0.717) is 25.4 Å². The van der Waals surface area contributed by atoms with Gasteiger partial charge in [-0.1, -0.05) is 0 Å². The van der Waals surface area contributed by atoms with Crippen LogP contribution in [-0.2, 0) is 20.8 Å². The molecule has 0 saturated carbocycles. The van der Waals surface area contributed by atoms with Crippen LogP contribution in [0.4, 0.5) is 0 Å². The average Bonchev–Trinajstić information content (AvgIpc) is 2.27. The van der Waals surface area contributed by atoms with Gasteiger partial charge in [-0.05, 0) is 25.7 Å². The van der Waals surface area contributed by atoms with E-state index in [1.165, 1.54) is 10.6 Å². The predicted molar refractivity (Wildman–Crippen MR) is 70.7 cm³/mol. The molecule has 0 amide bonds. The molecule has 0 aliphatic carbocycles. The van der Waals surface area contributed by atoms with Crippen molar-refractivity contribution in [3.05, 3.63) is 0 Å². The molecule has 1 rings (SSSR count). The molecule has 102 valence electrons. The van der Waals surface area contributed by atoms with Crippen LogP contribution in [0.25, 0.3) is 0 Å². The molecule has 1 heterocycles. The number of sulfonamides is 1. The first kappa shape index (κ1) is 15.1. The highest BCUT2D eigenvalue weighted by molar-refractivity contribution is 7.88. The van der Waals surface area contributed by atoms with Crippen LogP contribution in [-0.4, -0.2) is 53.8 Å². The Morgan fingerprint density at radius 3 is 2.71 bits per heavy atom. The number of rotatable bonds is 5. The molecule has 1 fully saturated rings. The zero-order chi connectivity index (χ0) is 13.1. The SMILES string of the molecule is CC(CN)S(=O)CC1CCCN(S(C)(=O)=O)C1. The second kappa shape index (κ2) is 6.26. The topological polar surface area (TPSA) is 80.5 Å². The Hall–Kier alpha value is 0.0200. The largest absolute Gasteiger partial charge is 0.329 e. The lowest BCUT2D eigenvalue weighted by molar-refractivity contribution is 0.285. The van der Waals surface area contributed by atoms with Crippen molar-refractivity contribution in [3.8, 4) is 0 Å². The normalized spacial score (nSPS) is 26.6. The Morgan fingerprint density at radius 2 is 2.18 bits per heavy atom. The summed E-state index contributed by atoms with van der Waals surface area (Å²) in [6.07, 6.45) is 3.04. The van der Waals surface area contributed by atoms with E-state index in [0.717, 1.165) is 12.8 Å². The van der Waals surface area contributed by atoms with Crippen molar-refractivity contribution < 1.29 is 12.6 Å². The van der Waals surface area contributed by atoms with Gasteiger partial charge < -0.3 is 5.73 Å². The number of hydrogen-bond donors (Lipinski definition) is 1. The van der Waals surface area contributed by atoms with Crippen molar-refractivity contribution in [2.24, 2.45) is 11.7 Å². The minimum absolute atomic E-state index is 0.0105. The van der Waals surface area contributed by atoms with Crippen LogP contribution in [0.3, 0.4) is 0 Å². The van der Waals surface area contributed by atoms with Crippen molar-refractivity contribution in [2.45, 2.75) is 25.0 Å². The first-order chi connectivity index (χ1) is 7.84. The maximum absolute atomic E-state index is 11.9. The van der Waals surface area contributed by atoms with Crippen molar-refractivity contribution in [1.29, 1.82) is 0 Å². The molecule has 0 aromatic heterocycles. The van der Waals surface area contributed by atoms with Gasteiger partial charge in [0.1, 0.15) is 0 Å². The number of nitrogens with two attached hydrogens (primary N) is 1. The van der Waals surface area contributed by atoms with E-state index in [4.69, 9.17) is 5.73 Å². The van der Waals surface area contributed by atoms with Crippen LogP contribution in [0.5, 0.6) is 0 Å². The maximum Gasteiger partial charge on any atom is 0.211 e. The average molecular weight is 282 g/mol. The number of nitrogens with zero attached hydrogens (tertiary/aromatic N) is 1. The summed E-state index contributed by atoms with van der Waals surface area (Å²) in [6, 6.07) is 0. The van der Waals surface area contributed by atoms with Gasteiger partial charge in [0.25, 0.3) is 0 Å². The molecular weight excluding hydrogens is 260 g/mol. The van der Waals surface area contributed by atoms with Crippen LogP contribution in [0.15, 0.2) is 0 Å². The molecule has 1 saturated heterocycles. The van der Waals surface area contributed by atoms with E-state index < -0.39 is 20.8 Å². The highest BCUT2D eigenvalue weighted by Crippen LogP contribution is 2.20. The van der Waals surface area contributed by atoms with Crippen LogP contribution in [0, 0.1) is 5.92 Å². The Kier molecular flexibility index (Phi) is 5.56. The first-order valence-corrected chi connectivity index (χ1v) is 9.10. The van der Waals surface area contributed by atoms with Crippen molar-refractivity contribution in [2.75, 3.05) is 31.6 Å². The highest BCUT2D eigenvalue weighted by atomic mass is 32.2. The van der Waals surface area contributed by atoms with Gasteiger partial charge in [0, 0.05) is 41.4 Å². The van der Waals surface area contributed by atoms with Gasteiger partial charge in [0.2, 0.25) is 10.0 Å².